The summed E-state index contributed by atoms with van der Waals surface area (Å²) in [5.74, 6) is 4.46. The van der Waals surface area contributed by atoms with Crippen molar-refractivity contribution in [2.75, 3.05) is 38.0 Å². The highest BCUT2D eigenvalue weighted by Gasteiger charge is 2.63. The number of fused-ring (bicyclic) bond motifs is 3. The fraction of sp³-hybridized carbons (Fsp3) is 0.167. The van der Waals surface area contributed by atoms with Gasteiger partial charge in [-0.3, -0.25) is 11.7 Å². The van der Waals surface area contributed by atoms with Crippen molar-refractivity contribution in [3.05, 3.63) is 141 Å². The number of benzene rings is 4. The van der Waals surface area contributed by atoms with Crippen LogP contribution in [0.3, 0.4) is 0 Å². The van der Waals surface area contributed by atoms with Gasteiger partial charge in [-0.15, -0.1) is 0 Å². The summed E-state index contributed by atoms with van der Waals surface area (Å²) in [6.45, 7) is 0. The zero-order valence-corrected chi connectivity index (χ0v) is 23.9. The minimum absolute atomic E-state index is 0.109. The first-order valence-electron chi connectivity index (χ1n) is 13.4. The lowest BCUT2D eigenvalue weighted by molar-refractivity contribution is 0.422. The monoisotopic (exact) mass is 544 g/mol. The molecular weight excluding hydrogens is 516 g/mol. The predicted octanol–water partition coefficient (Wildman–Crippen LogP) is 6.45. The van der Waals surface area contributed by atoms with E-state index in [0.29, 0.717) is 22.3 Å². The van der Waals surface area contributed by atoms with Crippen molar-refractivity contribution in [1.29, 1.82) is 10.5 Å². The summed E-state index contributed by atoms with van der Waals surface area (Å²) in [6, 6.07) is 35.2. The molecule has 0 N–H and O–H groups in total. The van der Waals surface area contributed by atoms with Gasteiger partial charge < -0.3 is 20.6 Å². The number of rotatable bonds is 6. The van der Waals surface area contributed by atoms with Crippen LogP contribution in [0.1, 0.15) is 22.3 Å². The number of nitrogens with zero attached hydrogens (tertiary/aromatic N) is 6. The molecule has 0 fully saturated rings. The van der Waals surface area contributed by atoms with Gasteiger partial charge in [-0.1, -0.05) is 72.8 Å². The molecule has 0 bridgehead atoms. The van der Waals surface area contributed by atoms with Crippen LogP contribution < -0.4 is 9.80 Å². The van der Waals surface area contributed by atoms with E-state index in [1.165, 1.54) is 0 Å². The van der Waals surface area contributed by atoms with E-state index < -0.39 is 10.8 Å². The Morgan fingerprint density at radius 2 is 0.881 bits per heavy atom. The Kier molecular flexibility index (Phi) is 7.13. The molecule has 4 aromatic rings. The highest BCUT2D eigenvalue weighted by atomic mass is 15.1. The lowest BCUT2D eigenvalue weighted by atomic mass is 9.43. The minimum Gasteiger partial charge on any atom is -0.762 e. The Hall–Kier alpha value is -5.64. The molecule has 2 atom stereocenters. The number of allylic oxidation sites excluding steroid dienone is 2. The van der Waals surface area contributed by atoms with Crippen LogP contribution in [-0.2, 0) is 10.8 Å². The fourth-order valence-corrected chi connectivity index (χ4v) is 6.58. The summed E-state index contributed by atoms with van der Waals surface area (Å²) < 4.78 is 0. The quantitative estimate of drug-likeness (QED) is 0.206. The molecule has 42 heavy (non-hydrogen) atoms. The molecule has 0 saturated carbocycles. The zero-order chi connectivity index (χ0) is 30.1. The van der Waals surface area contributed by atoms with E-state index in [1.807, 2.05) is 135 Å². The Labute approximate surface area is 246 Å². The Bertz CT molecular complexity index is 1720. The van der Waals surface area contributed by atoms with Crippen molar-refractivity contribution in [2.45, 2.75) is 10.8 Å². The molecule has 1 aliphatic rings. The summed E-state index contributed by atoms with van der Waals surface area (Å²) in [5.41, 5.74) is 2.84. The third-order valence-corrected chi connectivity index (χ3v) is 8.35. The van der Waals surface area contributed by atoms with Crippen molar-refractivity contribution >= 4 is 23.1 Å². The molecule has 0 saturated heterocycles. The lowest BCUT2D eigenvalue weighted by Crippen LogP contribution is -2.55. The van der Waals surface area contributed by atoms with Crippen LogP contribution in [0.5, 0.6) is 0 Å². The van der Waals surface area contributed by atoms with Crippen LogP contribution in [0.25, 0.3) is 21.9 Å². The van der Waals surface area contributed by atoms with Crippen molar-refractivity contribution < 1.29 is 0 Å². The molecule has 6 nitrogen and oxygen atoms in total. The molecule has 0 amide bonds. The van der Waals surface area contributed by atoms with Crippen LogP contribution in [0.2, 0.25) is 0 Å². The van der Waals surface area contributed by atoms with Gasteiger partial charge in [0.1, 0.15) is 12.1 Å². The van der Waals surface area contributed by atoms with Gasteiger partial charge in [0.05, 0.1) is 22.0 Å². The topological polar surface area (TPSA) is 98.7 Å². The number of anilines is 2. The summed E-state index contributed by atoms with van der Waals surface area (Å²) >= 11 is 0. The first-order valence-corrected chi connectivity index (χ1v) is 13.4. The maximum Gasteiger partial charge on any atom is 0.103 e. The molecule has 6 heteroatoms. The van der Waals surface area contributed by atoms with Crippen LogP contribution in [0.4, 0.5) is 11.4 Å². The van der Waals surface area contributed by atoms with Gasteiger partial charge in [0.15, 0.2) is 0 Å². The molecule has 0 spiro atoms. The zero-order valence-electron chi connectivity index (χ0n) is 23.9. The largest absolute Gasteiger partial charge is 0.762 e. The van der Waals surface area contributed by atoms with Gasteiger partial charge in [0.25, 0.3) is 0 Å². The van der Waals surface area contributed by atoms with E-state index in [4.69, 9.17) is 0 Å². The standard InChI is InChI=1S/C36H28N6/c1-41(2)29-17-13-25(14-18-29)35(27(21-37)22-38)33-11-7-5-9-31(33)32-10-6-8-12-34(32)36(35,28(23-39)24-40)26-15-19-30(20-16-26)42(3)4/h5-20H,1-4H3/q-2. The third-order valence-electron chi connectivity index (χ3n) is 8.35. The Morgan fingerprint density at radius 3 is 1.17 bits per heavy atom. The molecule has 1 aliphatic carbocycles. The minimum atomic E-state index is -1.55. The average molecular weight is 545 g/mol. The summed E-state index contributed by atoms with van der Waals surface area (Å²) in [5, 5.41) is 43.0. The fourth-order valence-electron chi connectivity index (χ4n) is 6.58. The van der Waals surface area contributed by atoms with Crippen LogP contribution in [-0.4, -0.2) is 39.9 Å². The van der Waals surface area contributed by atoms with Gasteiger partial charge in [-0.2, -0.15) is 10.5 Å². The van der Waals surface area contributed by atoms with E-state index in [9.17, 15) is 21.3 Å². The van der Waals surface area contributed by atoms with E-state index in [2.05, 4.69) is 23.9 Å². The summed E-state index contributed by atoms with van der Waals surface area (Å²) in [7, 11) is 7.75. The number of hydrogen-bond acceptors (Lipinski definition) is 4. The highest BCUT2D eigenvalue weighted by Crippen LogP contribution is 2.65. The second kappa shape index (κ2) is 10.7. The second-order valence-corrected chi connectivity index (χ2v) is 10.7. The molecule has 0 aromatic heterocycles. The molecular formula is C36H28N6-2. The average Bonchev–Trinajstić information content (AvgIpc) is 3.03. The normalized spacial score (nSPS) is 18.1. The maximum atomic E-state index is 10.7. The molecule has 5 rings (SSSR count). The molecule has 0 heterocycles. The maximum absolute atomic E-state index is 10.7. The van der Waals surface area contributed by atoms with E-state index in [0.717, 1.165) is 22.5 Å². The lowest BCUT2D eigenvalue weighted by Gasteiger charge is -2.55. The van der Waals surface area contributed by atoms with Crippen LogP contribution in [0, 0.1) is 22.7 Å². The highest BCUT2D eigenvalue weighted by molar-refractivity contribution is 5.92. The van der Waals surface area contributed by atoms with E-state index >= 15 is 0 Å². The van der Waals surface area contributed by atoms with Crippen molar-refractivity contribution in [2.24, 2.45) is 0 Å². The van der Waals surface area contributed by atoms with Crippen LogP contribution in [0.15, 0.2) is 108 Å². The first-order chi connectivity index (χ1) is 20.3. The Morgan fingerprint density at radius 1 is 0.548 bits per heavy atom. The van der Waals surface area contributed by atoms with E-state index in [-0.39, 0.29) is 11.1 Å². The summed E-state index contributed by atoms with van der Waals surface area (Å²) in [6.07, 6.45) is 0. The molecule has 2 unspecified atom stereocenters. The predicted molar refractivity (Wildman–Crippen MR) is 170 cm³/mol. The van der Waals surface area contributed by atoms with Crippen molar-refractivity contribution in [1.82, 2.24) is 0 Å². The van der Waals surface area contributed by atoms with Gasteiger partial charge >= 0.3 is 0 Å². The second-order valence-electron chi connectivity index (χ2n) is 10.7. The first kappa shape index (κ1) is 27.9. The molecule has 0 radical (unpaired) electrons. The van der Waals surface area contributed by atoms with Gasteiger partial charge in [-0.25, -0.2) is 0 Å². The molecule has 204 valence electrons. The smallest absolute Gasteiger partial charge is 0.103 e. The number of hydrogen-bond donors (Lipinski definition) is 0. The third kappa shape index (κ3) is 3.72. The SMILES string of the molecule is CN(C)c1ccc(C2(C(=C=[N-])C#N)c3ccccc3-c3ccccc3C2(C(=C=[N-])C#N)c2ccc(N(C)C)cc2)cc1. The van der Waals surface area contributed by atoms with Gasteiger partial charge in [-0.05, 0) is 57.6 Å². The van der Waals surface area contributed by atoms with E-state index in [1.54, 1.807) is 0 Å². The number of nitriles is 2. The van der Waals surface area contributed by atoms with Crippen molar-refractivity contribution in [3.63, 3.8) is 0 Å². The summed E-state index contributed by atoms with van der Waals surface area (Å²) in [4.78, 5) is 3.93. The Balaban J connectivity index is 2.14. The van der Waals surface area contributed by atoms with Crippen molar-refractivity contribution in [3.8, 4) is 23.3 Å². The van der Waals surface area contributed by atoms with Gasteiger partial charge in [0, 0.05) is 39.6 Å². The van der Waals surface area contributed by atoms with Gasteiger partial charge in [0.2, 0.25) is 0 Å². The molecule has 0 aliphatic heterocycles. The molecule has 4 aromatic carbocycles. The van der Waals surface area contributed by atoms with Crippen LogP contribution >= 0.6 is 0 Å².